The number of Topliss-reactive ketones (excluding diaryl/α,β-unsaturated/α-hetero) is 1. The van der Waals surface area contributed by atoms with E-state index in [0.717, 1.165) is 0 Å². The summed E-state index contributed by atoms with van der Waals surface area (Å²) in [4.78, 5) is 37.3. The molecule has 0 radical (unpaired) electrons. The topological polar surface area (TPSA) is 123 Å². The molecule has 0 heterocycles. The van der Waals surface area contributed by atoms with Crippen LogP contribution >= 0.6 is 11.6 Å². The number of nitrogens with one attached hydrogen (secondary N) is 2. The molecule has 8 nitrogen and oxygen atoms in total. The van der Waals surface area contributed by atoms with Crippen molar-refractivity contribution in [2.24, 2.45) is 0 Å². The Labute approximate surface area is 166 Å². The van der Waals surface area contributed by atoms with Crippen LogP contribution in [0.3, 0.4) is 0 Å². The second-order valence-electron chi connectivity index (χ2n) is 6.01. The molecular weight excluding hydrogens is 384 g/mol. The van der Waals surface area contributed by atoms with E-state index in [1.807, 2.05) is 6.07 Å². The number of amides is 2. The summed E-state index contributed by atoms with van der Waals surface area (Å²) in [5.74, 6) is -1.12. The molecule has 0 atom stereocenters. The number of nitrogens with zero attached hydrogens (tertiary/aromatic N) is 2. The van der Waals surface area contributed by atoms with E-state index < -0.39 is 24.2 Å². The number of nitriles is 1. The Balaban J connectivity index is 2.22. The molecule has 2 aromatic rings. The van der Waals surface area contributed by atoms with Crippen LogP contribution in [0.15, 0.2) is 36.4 Å². The first-order valence-electron chi connectivity index (χ1n) is 8.05. The number of anilines is 3. The zero-order valence-electron chi connectivity index (χ0n) is 15.1. The normalized spacial score (nSPS) is 9.93. The second-order valence-corrected chi connectivity index (χ2v) is 6.42. The van der Waals surface area contributed by atoms with Gasteiger partial charge in [0.1, 0.15) is 0 Å². The van der Waals surface area contributed by atoms with Crippen molar-refractivity contribution >= 4 is 46.4 Å². The molecule has 28 heavy (non-hydrogen) atoms. The van der Waals surface area contributed by atoms with Crippen molar-refractivity contribution < 1.29 is 19.5 Å². The van der Waals surface area contributed by atoms with Crippen LogP contribution in [-0.4, -0.2) is 37.0 Å². The van der Waals surface area contributed by atoms with E-state index in [-0.39, 0.29) is 16.9 Å². The Morgan fingerprint density at radius 3 is 2.43 bits per heavy atom. The predicted molar refractivity (Wildman–Crippen MR) is 106 cm³/mol. The van der Waals surface area contributed by atoms with Crippen LogP contribution in [-0.2, 0) is 4.79 Å². The van der Waals surface area contributed by atoms with Crippen LogP contribution in [0.1, 0.15) is 22.3 Å². The molecule has 0 aliphatic carbocycles. The zero-order valence-corrected chi connectivity index (χ0v) is 15.9. The summed E-state index contributed by atoms with van der Waals surface area (Å²) < 4.78 is 0. The fourth-order valence-electron chi connectivity index (χ4n) is 2.43. The lowest BCUT2D eigenvalue weighted by Gasteiger charge is -2.19. The van der Waals surface area contributed by atoms with Crippen molar-refractivity contribution in [3.8, 4) is 6.07 Å². The Bertz CT molecular complexity index is 982. The second kappa shape index (κ2) is 8.88. The van der Waals surface area contributed by atoms with E-state index in [1.165, 1.54) is 24.3 Å². The minimum Gasteiger partial charge on any atom is -0.465 e. The average molecular weight is 401 g/mol. The lowest BCUT2D eigenvalue weighted by atomic mass is 10.1. The highest BCUT2D eigenvalue weighted by atomic mass is 35.5. The first kappa shape index (κ1) is 20.7. The third-order valence-corrected chi connectivity index (χ3v) is 4.02. The summed E-state index contributed by atoms with van der Waals surface area (Å²) in [5.41, 5.74) is 1.34. The fourth-order valence-corrected chi connectivity index (χ4v) is 2.76. The van der Waals surface area contributed by atoms with Crippen LogP contribution in [0.25, 0.3) is 0 Å². The van der Waals surface area contributed by atoms with E-state index in [4.69, 9.17) is 22.0 Å². The lowest BCUT2D eigenvalue weighted by molar-refractivity contribution is -0.115. The maximum absolute atomic E-state index is 12.3. The van der Waals surface area contributed by atoms with Gasteiger partial charge in [0.25, 0.3) is 0 Å². The van der Waals surface area contributed by atoms with E-state index in [9.17, 15) is 14.4 Å². The van der Waals surface area contributed by atoms with Crippen molar-refractivity contribution in [3.63, 3.8) is 0 Å². The van der Waals surface area contributed by atoms with Crippen molar-refractivity contribution in [1.29, 1.82) is 5.26 Å². The largest absolute Gasteiger partial charge is 0.465 e. The molecule has 9 heteroatoms. The van der Waals surface area contributed by atoms with Crippen molar-refractivity contribution in [3.05, 3.63) is 52.5 Å². The highest BCUT2D eigenvalue weighted by Gasteiger charge is 2.17. The number of carbonyl (C=O) groups excluding carboxylic acids is 2. The number of benzene rings is 2. The Hall–Kier alpha value is -3.57. The van der Waals surface area contributed by atoms with Crippen LogP contribution in [0.4, 0.5) is 21.9 Å². The Morgan fingerprint density at radius 2 is 1.82 bits per heavy atom. The Kier molecular flexibility index (Phi) is 6.58. The van der Waals surface area contributed by atoms with Crippen LogP contribution in [0.2, 0.25) is 5.02 Å². The number of carboxylic acid groups (broad SMARTS) is 1. The first-order valence-corrected chi connectivity index (χ1v) is 8.43. The van der Waals surface area contributed by atoms with E-state index in [2.05, 4.69) is 10.6 Å². The molecule has 0 bridgehead atoms. The molecule has 0 spiro atoms. The number of ketones is 1. The number of carbonyl (C=O) groups is 3. The summed E-state index contributed by atoms with van der Waals surface area (Å²) in [5, 5.41) is 22.9. The van der Waals surface area contributed by atoms with Gasteiger partial charge in [-0.15, -0.1) is 0 Å². The molecule has 0 saturated heterocycles. The molecular formula is C19H17ClN4O4. The predicted octanol–water partition coefficient (Wildman–Crippen LogP) is 3.58. The maximum atomic E-state index is 12.3. The maximum Gasteiger partial charge on any atom is 0.409 e. The summed E-state index contributed by atoms with van der Waals surface area (Å²) in [6, 6.07) is 10.8. The van der Waals surface area contributed by atoms with Gasteiger partial charge in [0.2, 0.25) is 5.91 Å². The number of rotatable bonds is 6. The standard InChI is InChI=1S/C19H17ClN4O4/c1-24(2)16-8-15(23-19(27)28)14(7-13(16)20)22-18(26)9-17(25)12-5-3-4-11(6-12)10-21/h3-8,23H,9H2,1-2H3,(H,22,26)(H,27,28). The van der Waals surface area contributed by atoms with Gasteiger partial charge in [-0.2, -0.15) is 5.26 Å². The van der Waals surface area contributed by atoms with Crippen LogP contribution < -0.4 is 15.5 Å². The van der Waals surface area contributed by atoms with Crippen molar-refractivity contribution in [1.82, 2.24) is 0 Å². The number of hydrogen-bond donors (Lipinski definition) is 3. The quantitative estimate of drug-likeness (QED) is 0.503. The summed E-state index contributed by atoms with van der Waals surface area (Å²) >= 11 is 6.19. The highest BCUT2D eigenvalue weighted by molar-refractivity contribution is 6.34. The number of hydrogen-bond acceptors (Lipinski definition) is 5. The molecule has 0 aromatic heterocycles. The minimum absolute atomic E-state index is 0.118. The first-order chi connectivity index (χ1) is 13.2. The van der Waals surface area contributed by atoms with Gasteiger partial charge in [0.15, 0.2) is 5.78 Å². The van der Waals surface area contributed by atoms with Gasteiger partial charge in [-0.3, -0.25) is 14.9 Å². The molecule has 0 aliphatic heterocycles. The van der Waals surface area contributed by atoms with Gasteiger partial charge in [-0.1, -0.05) is 23.7 Å². The fraction of sp³-hybridized carbons (Fsp3) is 0.158. The van der Waals surface area contributed by atoms with E-state index in [0.29, 0.717) is 16.3 Å². The van der Waals surface area contributed by atoms with E-state index in [1.54, 1.807) is 31.1 Å². The molecule has 0 fully saturated rings. The molecule has 3 N–H and O–H groups in total. The number of halogens is 1. The monoisotopic (exact) mass is 400 g/mol. The van der Waals surface area contributed by atoms with Gasteiger partial charge >= 0.3 is 6.09 Å². The molecule has 0 unspecified atom stereocenters. The van der Waals surface area contributed by atoms with Crippen LogP contribution in [0.5, 0.6) is 0 Å². The van der Waals surface area contributed by atoms with Crippen LogP contribution in [0, 0.1) is 11.3 Å². The smallest absolute Gasteiger partial charge is 0.409 e. The zero-order chi connectivity index (χ0) is 20.8. The van der Waals surface area contributed by atoms with Gasteiger partial charge < -0.3 is 15.3 Å². The molecule has 0 aliphatic rings. The molecule has 0 saturated carbocycles. The average Bonchev–Trinajstić information content (AvgIpc) is 2.63. The molecule has 2 rings (SSSR count). The molecule has 2 amide bonds. The third kappa shape index (κ3) is 5.22. The molecule has 2 aromatic carbocycles. The summed E-state index contributed by atoms with van der Waals surface area (Å²) in [6.07, 6.45) is -1.79. The van der Waals surface area contributed by atoms with Gasteiger partial charge in [0.05, 0.1) is 40.1 Å². The SMILES string of the molecule is CN(C)c1cc(NC(=O)O)c(NC(=O)CC(=O)c2cccc(C#N)c2)cc1Cl. The Morgan fingerprint density at radius 1 is 1.14 bits per heavy atom. The van der Waals surface area contributed by atoms with Gasteiger partial charge in [0, 0.05) is 19.7 Å². The van der Waals surface area contributed by atoms with Gasteiger partial charge in [-0.25, -0.2) is 4.79 Å². The van der Waals surface area contributed by atoms with E-state index >= 15 is 0 Å². The van der Waals surface area contributed by atoms with Gasteiger partial charge in [-0.05, 0) is 24.3 Å². The third-order valence-electron chi connectivity index (χ3n) is 3.72. The summed E-state index contributed by atoms with van der Waals surface area (Å²) in [6.45, 7) is 0. The highest BCUT2D eigenvalue weighted by Crippen LogP contribution is 2.34. The van der Waals surface area contributed by atoms with Crippen molar-refractivity contribution in [2.75, 3.05) is 29.6 Å². The van der Waals surface area contributed by atoms with Crippen molar-refractivity contribution in [2.45, 2.75) is 6.42 Å². The lowest BCUT2D eigenvalue weighted by Crippen LogP contribution is -2.19. The minimum atomic E-state index is -1.31. The summed E-state index contributed by atoms with van der Waals surface area (Å²) in [7, 11) is 3.47. The molecule has 144 valence electrons.